The van der Waals surface area contributed by atoms with Crippen LogP contribution in [-0.2, 0) is 4.74 Å². The van der Waals surface area contributed by atoms with Gasteiger partial charge in [-0.2, -0.15) is 0 Å². The van der Waals surface area contributed by atoms with E-state index in [1.807, 2.05) is 0 Å². The molecule has 0 spiro atoms. The van der Waals surface area contributed by atoms with Gasteiger partial charge in [0.2, 0.25) is 0 Å². The maximum Gasteiger partial charge on any atom is 0.270 e. The fourth-order valence-corrected chi connectivity index (χ4v) is 1.72. The van der Waals surface area contributed by atoms with Crippen molar-refractivity contribution < 1.29 is 9.53 Å². The number of hydrogen-bond acceptors (Lipinski definition) is 5. The van der Waals surface area contributed by atoms with Crippen LogP contribution in [0.4, 0.5) is 5.82 Å². The number of hydrogen-bond donors (Lipinski definition) is 2. The summed E-state index contributed by atoms with van der Waals surface area (Å²) in [7, 11) is 1.64. The molecule has 1 rings (SSSR count). The number of carbonyl (C=O) groups excluding carboxylic acids is 1. The molecule has 6 nitrogen and oxygen atoms in total. The molecule has 0 aliphatic heterocycles. The van der Waals surface area contributed by atoms with Gasteiger partial charge in [-0.05, 0) is 13.3 Å². The van der Waals surface area contributed by atoms with Crippen LogP contribution in [0.5, 0.6) is 0 Å². The zero-order valence-electron chi connectivity index (χ0n) is 12.5. The summed E-state index contributed by atoms with van der Waals surface area (Å²) in [5, 5.41) is 5.98. The molecule has 0 fully saturated rings. The smallest absolute Gasteiger partial charge is 0.270 e. The second-order valence-corrected chi connectivity index (χ2v) is 4.57. The Morgan fingerprint density at radius 1 is 1.30 bits per heavy atom. The first-order valence-corrected chi connectivity index (χ1v) is 7.04. The Morgan fingerprint density at radius 3 is 2.80 bits per heavy atom. The number of nitrogens with zero attached hydrogens (tertiary/aromatic N) is 2. The molecule has 112 valence electrons. The molecule has 1 heterocycles. The summed E-state index contributed by atoms with van der Waals surface area (Å²) in [6.45, 7) is 5.82. The maximum atomic E-state index is 12.0. The van der Waals surface area contributed by atoms with Crippen molar-refractivity contribution >= 4 is 11.7 Å². The number of methoxy groups -OCH3 is 1. The van der Waals surface area contributed by atoms with Crippen LogP contribution in [0.15, 0.2) is 6.07 Å². The topological polar surface area (TPSA) is 76.1 Å². The van der Waals surface area contributed by atoms with Crippen LogP contribution >= 0.6 is 0 Å². The van der Waals surface area contributed by atoms with E-state index in [0.29, 0.717) is 37.0 Å². The number of carbonyl (C=O) groups is 1. The molecule has 1 amide bonds. The van der Waals surface area contributed by atoms with Gasteiger partial charge in [-0.15, -0.1) is 0 Å². The average molecular weight is 280 g/mol. The molecule has 0 radical (unpaired) electrons. The van der Waals surface area contributed by atoms with Crippen molar-refractivity contribution in [2.75, 3.05) is 32.1 Å². The van der Waals surface area contributed by atoms with E-state index in [1.165, 1.54) is 0 Å². The SMILES string of the molecule is CCCCCNC(=O)c1cc(NCCOC)nc(C)n1. The molecular weight excluding hydrogens is 256 g/mol. The van der Waals surface area contributed by atoms with Gasteiger partial charge in [-0.25, -0.2) is 9.97 Å². The molecule has 0 atom stereocenters. The molecule has 0 saturated carbocycles. The molecule has 1 aromatic rings. The van der Waals surface area contributed by atoms with E-state index in [0.717, 1.165) is 19.3 Å². The fraction of sp³-hybridized carbons (Fsp3) is 0.643. The molecule has 0 saturated heterocycles. The van der Waals surface area contributed by atoms with Crippen molar-refractivity contribution in [3.63, 3.8) is 0 Å². The Hall–Kier alpha value is -1.69. The normalized spacial score (nSPS) is 10.3. The Labute approximate surface area is 120 Å². The Bertz CT molecular complexity index is 424. The van der Waals surface area contributed by atoms with Crippen LogP contribution in [0.25, 0.3) is 0 Å². The Morgan fingerprint density at radius 2 is 2.10 bits per heavy atom. The summed E-state index contributed by atoms with van der Waals surface area (Å²) in [5.41, 5.74) is 0.397. The number of nitrogens with one attached hydrogen (secondary N) is 2. The van der Waals surface area contributed by atoms with E-state index in [-0.39, 0.29) is 5.91 Å². The zero-order valence-corrected chi connectivity index (χ0v) is 12.5. The van der Waals surface area contributed by atoms with Gasteiger partial charge >= 0.3 is 0 Å². The van der Waals surface area contributed by atoms with Gasteiger partial charge in [0.05, 0.1) is 6.61 Å². The van der Waals surface area contributed by atoms with Gasteiger partial charge in [-0.3, -0.25) is 4.79 Å². The summed E-state index contributed by atoms with van der Waals surface area (Å²) in [6, 6.07) is 1.66. The number of rotatable bonds is 9. The Kier molecular flexibility index (Phi) is 7.57. The number of amides is 1. The zero-order chi connectivity index (χ0) is 14.8. The van der Waals surface area contributed by atoms with Gasteiger partial charge in [0.15, 0.2) is 0 Å². The number of aryl methyl sites for hydroxylation is 1. The van der Waals surface area contributed by atoms with Crippen LogP contribution in [-0.4, -0.2) is 42.7 Å². The number of anilines is 1. The minimum absolute atomic E-state index is 0.151. The molecule has 2 N–H and O–H groups in total. The molecule has 0 unspecified atom stereocenters. The van der Waals surface area contributed by atoms with Crippen molar-refractivity contribution in [1.82, 2.24) is 15.3 Å². The van der Waals surface area contributed by atoms with Crippen molar-refractivity contribution in [2.24, 2.45) is 0 Å². The minimum atomic E-state index is -0.151. The predicted octanol–water partition coefficient (Wildman–Crippen LogP) is 1.76. The first-order chi connectivity index (χ1) is 9.67. The third kappa shape index (κ3) is 5.97. The first-order valence-electron chi connectivity index (χ1n) is 7.04. The van der Waals surface area contributed by atoms with E-state index in [4.69, 9.17) is 4.74 Å². The third-order valence-electron chi connectivity index (χ3n) is 2.75. The summed E-state index contributed by atoms with van der Waals surface area (Å²) in [6.07, 6.45) is 3.24. The molecule has 20 heavy (non-hydrogen) atoms. The first kappa shape index (κ1) is 16.4. The molecule has 0 aromatic carbocycles. The van der Waals surface area contributed by atoms with Gasteiger partial charge in [0, 0.05) is 26.3 Å². The Balaban J connectivity index is 2.57. The molecule has 0 aliphatic rings. The third-order valence-corrected chi connectivity index (χ3v) is 2.75. The summed E-state index contributed by atoms with van der Waals surface area (Å²) < 4.78 is 4.96. The molecule has 6 heteroatoms. The van der Waals surface area contributed by atoms with Gasteiger partial charge in [-0.1, -0.05) is 19.8 Å². The second kappa shape index (κ2) is 9.25. The highest BCUT2D eigenvalue weighted by molar-refractivity contribution is 5.92. The van der Waals surface area contributed by atoms with Gasteiger partial charge in [0.25, 0.3) is 5.91 Å². The molecular formula is C14H24N4O2. The standard InChI is InChI=1S/C14H24N4O2/c1-4-5-6-7-16-14(19)12-10-13(15-8-9-20-3)18-11(2)17-12/h10H,4-9H2,1-3H3,(H,16,19)(H,15,17,18). The number of unbranched alkanes of at least 4 members (excludes halogenated alkanes) is 2. The van der Waals surface area contributed by atoms with Gasteiger partial charge in [0.1, 0.15) is 17.3 Å². The van der Waals surface area contributed by atoms with Crippen molar-refractivity contribution in [3.8, 4) is 0 Å². The highest BCUT2D eigenvalue weighted by Gasteiger charge is 2.09. The van der Waals surface area contributed by atoms with Crippen molar-refractivity contribution in [3.05, 3.63) is 17.6 Å². The number of ether oxygens (including phenoxy) is 1. The highest BCUT2D eigenvalue weighted by Crippen LogP contribution is 2.06. The van der Waals surface area contributed by atoms with E-state index < -0.39 is 0 Å². The maximum absolute atomic E-state index is 12.0. The monoisotopic (exact) mass is 280 g/mol. The van der Waals surface area contributed by atoms with E-state index in [9.17, 15) is 4.79 Å². The lowest BCUT2D eigenvalue weighted by Gasteiger charge is -2.08. The van der Waals surface area contributed by atoms with Crippen molar-refractivity contribution in [2.45, 2.75) is 33.1 Å². The molecule has 1 aromatic heterocycles. The minimum Gasteiger partial charge on any atom is -0.383 e. The lowest BCUT2D eigenvalue weighted by Crippen LogP contribution is -2.26. The quantitative estimate of drug-likeness (QED) is 0.674. The summed E-state index contributed by atoms with van der Waals surface area (Å²) >= 11 is 0. The summed E-state index contributed by atoms with van der Waals surface area (Å²) in [4.78, 5) is 20.4. The van der Waals surface area contributed by atoms with Crippen LogP contribution in [0.2, 0.25) is 0 Å². The lowest BCUT2D eigenvalue weighted by molar-refractivity contribution is 0.0947. The van der Waals surface area contributed by atoms with Crippen LogP contribution in [0.1, 0.15) is 42.5 Å². The second-order valence-electron chi connectivity index (χ2n) is 4.57. The van der Waals surface area contributed by atoms with E-state index >= 15 is 0 Å². The highest BCUT2D eigenvalue weighted by atomic mass is 16.5. The van der Waals surface area contributed by atoms with Gasteiger partial charge < -0.3 is 15.4 Å². The molecule has 0 bridgehead atoms. The van der Waals surface area contributed by atoms with E-state index in [2.05, 4.69) is 27.5 Å². The summed E-state index contributed by atoms with van der Waals surface area (Å²) in [5.74, 6) is 1.07. The number of aromatic nitrogens is 2. The largest absolute Gasteiger partial charge is 0.383 e. The van der Waals surface area contributed by atoms with Crippen LogP contribution in [0.3, 0.4) is 0 Å². The van der Waals surface area contributed by atoms with Crippen LogP contribution < -0.4 is 10.6 Å². The fourth-order valence-electron chi connectivity index (χ4n) is 1.72. The average Bonchev–Trinajstić information content (AvgIpc) is 2.43. The van der Waals surface area contributed by atoms with Crippen LogP contribution in [0, 0.1) is 6.92 Å². The lowest BCUT2D eigenvalue weighted by atomic mass is 10.2. The van der Waals surface area contributed by atoms with E-state index in [1.54, 1.807) is 20.1 Å². The molecule has 0 aliphatic carbocycles. The predicted molar refractivity (Wildman–Crippen MR) is 79.0 cm³/mol. The van der Waals surface area contributed by atoms with Crippen molar-refractivity contribution in [1.29, 1.82) is 0 Å².